The summed E-state index contributed by atoms with van der Waals surface area (Å²) >= 11 is 8.86. The number of ketones is 1. The maximum Gasteiger partial charge on any atom is 0.169 e. The lowest BCUT2D eigenvalue weighted by atomic mass is 10.1. The zero-order chi connectivity index (χ0) is 14.5. The molecule has 104 valence electrons. The quantitative estimate of drug-likeness (QED) is 0.562. The van der Waals surface area contributed by atoms with Gasteiger partial charge in [0.1, 0.15) is 5.75 Å². The standard InChI is InChI=1S/C15H11BrClFO2/c16-12-7-6-11(15(18)14(12)17)13(19)8-9-20-10-4-2-1-3-5-10/h1-7H,8-9H2. The Balaban J connectivity index is 1.97. The minimum atomic E-state index is -0.703. The molecule has 0 spiro atoms. The molecule has 0 N–H and O–H groups in total. The summed E-state index contributed by atoms with van der Waals surface area (Å²) in [6, 6.07) is 12.1. The van der Waals surface area contributed by atoms with Crippen molar-refractivity contribution in [3.63, 3.8) is 0 Å². The minimum Gasteiger partial charge on any atom is -0.493 e. The number of ether oxygens (including phenoxy) is 1. The van der Waals surface area contributed by atoms with E-state index < -0.39 is 5.82 Å². The highest BCUT2D eigenvalue weighted by Crippen LogP contribution is 2.28. The Hall–Kier alpha value is -1.39. The number of rotatable bonds is 5. The van der Waals surface area contributed by atoms with E-state index in [-0.39, 0.29) is 29.4 Å². The molecule has 0 saturated heterocycles. The predicted octanol–water partition coefficient (Wildman–Crippen LogP) is 4.89. The van der Waals surface area contributed by atoms with E-state index in [4.69, 9.17) is 16.3 Å². The van der Waals surface area contributed by atoms with Gasteiger partial charge in [-0.15, -0.1) is 0 Å². The number of hydrogen-bond acceptors (Lipinski definition) is 2. The summed E-state index contributed by atoms with van der Waals surface area (Å²) in [7, 11) is 0. The number of carbonyl (C=O) groups is 1. The average Bonchev–Trinajstić information content (AvgIpc) is 2.46. The molecule has 0 heterocycles. The van der Waals surface area contributed by atoms with E-state index in [1.807, 2.05) is 18.2 Å². The molecule has 0 radical (unpaired) electrons. The summed E-state index contributed by atoms with van der Waals surface area (Å²) in [6.45, 7) is 0.190. The van der Waals surface area contributed by atoms with E-state index in [9.17, 15) is 9.18 Å². The van der Waals surface area contributed by atoms with E-state index >= 15 is 0 Å². The lowest BCUT2D eigenvalue weighted by molar-refractivity contribution is 0.0958. The van der Waals surface area contributed by atoms with Crippen LogP contribution in [0.4, 0.5) is 4.39 Å². The molecule has 0 saturated carbocycles. The summed E-state index contributed by atoms with van der Waals surface area (Å²) in [6.07, 6.45) is 0.0871. The van der Waals surface area contributed by atoms with Gasteiger partial charge in [-0.3, -0.25) is 4.79 Å². The second kappa shape index (κ2) is 6.86. The third-order valence-corrected chi connectivity index (χ3v) is 3.94. The fourth-order valence-corrected chi connectivity index (χ4v) is 2.13. The zero-order valence-corrected chi connectivity index (χ0v) is 12.7. The Labute approximate surface area is 129 Å². The van der Waals surface area contributed by atoms with Gasteiger partial charge >= 0.3 is 0 Å². The van der Waals surface area contributed by atoms with E-state index in [1.165, 1.54) is 6.07 Å². The number of Topliss-reactive ketones (excluding diaryl/α,β-unsaturated/α-hetero) is 1. The van der Waals surface area contributed by atoms with Crippen LogP contribution in [0.25, 0.3) is 0 Å². The summed E-state index contributed by atoms with van der Waals surface area (Å²) in [4.78, 5) is 11.9. The van der Waals surface area contributed by atoms with Crippen molar-refractivity contribution in [3.8, 4) is 5.75 Å². The van der Waals surface area contributed by atoms with E-state index in [2.05, 4.69) is 15.9 Å². The number of para-hydroxylation sites is 1. The van der Waals surface area contributed by atoms with Crippen LogP contribution < -0.4 is 4.74 Å². The summed E-state index contributed by atoms with van der Waals surface area (Å²) < 4.78 is 19.7. The molecular weight excluding hydrogens is 347 g/mol. The Morgan fingerprint density at radius 1 is 1.20 bits per heavy atom. The van der Waals surface area contributed by atoms with Crippen molar-refractivity contribution in [2.75, 3.05) is 6.61 Å². The largest absolute Gasteiger partial charge is 0.493 e. The summed E-state index contributed by atoms with van der Waals surface area (Å²) in [5.74, 6) is -0.367. The smallest absolute Gasteiger partial charge is 0.169 e. The first-order chi connectivity index (χ1) is 9.59. The van der Waals surface area contributed by atoms with Crippen LogP contribution in [-0.4, -0.2) is 12.4 Å². The number of halogens is 3. The van der Waals surface area contributed by atoms with Crippen molar-refractivity contribution in [2.45, 2.75) is 6.42 Å². The molecule has 2 rings (SSSR count). The van der Waals surface area contributed by atoms with Crippen LogP contribution in [-0.2, 0) is 0 Å². The lowest BCUT2D eigenvalue weighted by Gasteiger charge is -2.07. The molecule has 0 fully saturated rings. The Kier molecular flexibility index (Phi) is 5.15. The first-order valence-corrected chi connectivity index (χ1v) is 7.11. The SMILES string of the molecule is O=C(CCOc1ccccc1)c1ccc(Br)c(Cl)c1F. The maximum absolute atomic E-state index is 13.8. The molecule has 2 nitrogen and oxygen atoms in total. The highest BCUT2D eigenvalue weighted by atomic mass is 79.9. The molecule has 2 aromatic rings. The molecule has 0 bridgehead atoms. The molecule has 5 heteroatoms. The van der Waals surface area contributed by atoms with Gasteiger partial charge in [0.05, 0.1) is 17.2 Å². The number of benzene rings is 2. The molecule has 0 aliphatic rings. The van der Waals surface area contributed by atoms with Crippen LogP contribution in [0.5, 0.6) is 5.75 Å². The van der Waals surface area contributed by atoms with Crippen LogP contribution in [0.1, 0.15) is 16.8 Å². The molecule has 0 aromatic heterocycles. The Morgan fingerprint density at radius 2 is 1.90 bits per heavy atom. The molecule has 20 heavy (non-hydrogen) atoms. The molecule has 0 aliphatic heterocycles. The van der Waals surface area contributed by atoms with Crippen LogP contribution in [0.2, 0.25) is 5.02 Å². The topological polar surface area (TPSA) is 26.3 Å². The van der Waals surface area contributed by atoms with Crippen molar-refractivity contribution in [1.82, 2.24) is 0 Å². The van der Waals surface area contributed by atoms with Gasteiger partial charge in [0.2, 0.25) is 0 Å². The third kappa shape index (κ3) is 3.58. The van der Waals surface area contributed by atoms with Gasteiger partial charge in [-0.05, 0) is 40.2 Å². The molecule has 0 aliphatic carbocycles. The fourth-order valence-electron chi connectivity index (χ4n) is 1.65. The van der Waals surface area contributed by atoms with Gasteiger partial charge in [-0.1, -0.05) is 29.8 Å². The van der Waals surface area contributed by atoms with Crippen LogP contribution in [0, 0.1) is 5.82 Å². The molecule has 2 aromatic carbocycles. The number of carbonyl (C=O) groups excluding carboxylic acids is 1. The highest BCUT2D eigenvalue weighted by molar-refractivity contribution is 9.10. The lowest BCUT2D eigenvalue weighted by Crippen LogP contribution is -2.09. The van der Waals surface area contributed by atoms with Gasteiger partial charge < -0.3 is 4.74 Å². The highest BCUT2D eigenvalue weighted by Gasteiger charge is 2.16. The van der Waals surface area contributed by atoms with Crippen LogP contribution >= 0.6 is 27.5 Å². The average molecular weight is 358 g/mol. The normalized spacial score (nSPS) is 10.3. The fraction of sp³-hybridized carbons (Fsp3) is 0.133. The summed E-state index contributed by atoms with van der Waals surface area (Å²) in [5.41, 5.74) is -0.0186. The molecule has 0 amide bonds. The van der Waals surface area contributed by atoms with Crippen LogP contribution in [0.15, 0.2) is 46.9 Å². The second-order valence-electron chi connectivity index (χ2n) is 4.06. The van der Waals surface area contributed by atoms with Crippen molar-refractivity contribution < 1.29 is 13.9 Å². The minimum absolute atomic E-state index is 0.0186. The first-order valence-electron chi connectivity index (χ1n) is 5.94. The van der Waals surface area contributed by atoms with Crippen molar-refractivity contribution in [2.24, 2.45) is 0 Å². The Bertz CT molecular complexity index is 617. The maximum atomic E-state index is 13.8. The molecule has 0 unspecified atom stereocenters. The number of hydrogen-bond donors (Lipinski definition) is 0. The van der Waals surface area contributed by atoms with Gasteiger partial charge in [0.15, 0.2) is 11.6 Å². The molecule has 0 atom stereocenters. The van der Waals surface area contributed by atoms with Crippen molar-refractivity contribution in [3.05, 3.63) is 63.3 Å². The monoisotopic (exact) mass is 356 g/mol. The Morgan fingerprint density at radius 3 is 2.60 bits per heavy atom. The van der Waals surface area contributed by atoms with E-state index in [0.29, 0.717) is 10.2 Å². The zero-order valence-electron chi connectivity index (χ0n) is 10.4. The van der Waals surface area contributed by atoms with Gasteiger partial charge in [0.25, 0.3) is 0 Å². The van der Waals surface area contributed by atoms with Gasteiger partial charge in [-0.2, -0.15) is 0 Å². The van der Waals surface area contributed by atoms with E-state index in [1.54, 1.807) is 18.2 Å². The van der Waals surface area contributed by atoms with Crippen LogP contribution in [0.3, 0.4) is 0 Å². The van der Waals surface area contributed by atoms with Gasteiger partial charge in [-0.25, -0.2) is 4.39 Å². The predicted molar refractivity (Wildman–Crippen MR) is 80.0 cm³/mol. The molecular formula is C15H11BrClFO2. The summed E-state index contributed by atoms with van der Waals surface area (Å²) in [5, 5.41) is -0.0835. The first kappa shape index (κ1) is 15.0. The van der Waals surface area contributed by atoms with Crippen molar-refractivity contribution >= 4 is 33.3 Å². The third-order valence-electron chi connectivity index (χ3n) is 2.68. The van der Waals surface area contributed by atoms with E-state index in [0.717, 1.165) is 0 Å². The van der Waals surface area contributed by atoms with Gasteiger partial charge in [0, 0.05) is 10.9 Å². The second-order valence-corrected chi connectivity index (χ2v) is 5.29. The van der Waals surface area contributed by atoms with Crippen molar-refractivity contribution in [1.29, 1.82) is 0 Å².